The maximum Gasteiger partial charge on any atom is 0.339 e. The van der Waals surface area contributed by atoms with Gasteiger partial charge in [0.1, 0.15) is 5.56 Å². The smallest absolute Gasteiger partial charge is 0.339 e. The third kappa shape index (κ3) is 2.64. The summed E-state index contributed by atoms with van der Waals surface area (Å²) in [5.74, 6) is -1.36. The molecular formula is C14H17ClN2O3. The van der Waals surface area contributed by atoms with Crippen molar-refractivity contribution < 1.29 is 14.7 Å². The second-order valence-electron chi connectivity index (χ2n) is 4.89. The minimum Gasteiger partial charge on any atom is -0.478 e. The third-order valence-corrected chi connectivity index (χ3v) is 4.07. The number of hydrogen-bond donors (Lipinski definition) is 3. The Kier molecular flexibility index (Phi) is 4.30. The molecule has 1 saturated heterocycles. The molecule has 3 N–H and O–H groups in total. The lowest BCUT2D eigenvalue weighted by molar-refractivity contribution is -0.122. The normalized spacial score (nSPS) is 21.7. The van der Waals surface area contributed by atoms with E-state index in [0.29, 0.717) is 6.42 Å². The molecule has 0 spiro atoms. The summed E-state index contributed by atoms with van der Waals surface area (Å²) < 4.78 is 0. The highest BCUT2D eigenvalue weighted by Gasteiger charge is 2.39. The Hall–Kier alpha value is -1.59. The van der Waals surface area contributed by atoms with Crippen LogP contribution in [0.25, 0.3) is 0 Å². The van der Waals surface area contributed by atoms with E-state index in [-0.39, 0.29) is 22.2 Å². The minimum atomic E-state index is -1.16. The van der Waals surface area contributed by atoms with Gasteiger partial charge in [0.15, 0.2) is 0 Å². The molecule has 1 unspecified atom stereocenters. The zero-order valence-electron chi connectivity index (χ0n) is 11.2. The number of carboxylic acids is 1. The van der Waals surface area contributed by atoms with E-state index < -0.39 is 11.5 Å². The molecule has 1 amide bonds. The lowest BCUT2D eigenvalue weighted by Gasteiger charge is -2.27. The Balaban J connectivity index is 2.28. The number of amides is 1. The van der Waals surface area contributed by atoms with Crippen molar-refractivity contribution in [1.29, 1.82) is 0 Å². The Morgan fingerprint density at radius 3 is 2.80 bits per heavy atom. The minimum absolute atomic E-state index is 0.0771. The SMILES string of the molecule is CCC1(C(=O)Nc2cccc(Cl)c2C(=O)O)CCCN1. The van der Waals surface area contributed by atoms with Crippen molar-refractivity contribution in [3.05, 3.63) is 28.8 Å². The molecule has 20 heavy (non-hydrogen) atoms. The number of benzene rings is 1. The Bertz CT molecular complexity index is 539. The molecule has 0 saturated carbocycles. The molecule has 1 aliphatic heterocycles. The van der Waals surface area contributed by atoms with Crippen molar-refractivity contribution in [1.82, 2.24) is 5.32 Å². The van der Waals surface area contributed by atoms with E-state index >= 15 is 0 Å². The first-order chi connectivity index (χ1) is 9.50. The fourth-order valence-electron chi connectivity index (χ4n) is 2.55. The summed E-state index contributed by atoms with van der Waals surface area (Å²) >= 11 is 5.89. The number of anilines is 1. The van der Waals surface area contributed by atoms with E-state index in [2.05, 4.69) is 10.6 Å². The van der Waals surface area contributed by atoms with Gasteiger partial charge in [0.2, 0.25) is 5.91 Å². The van der Waals surface area contributed by atoms with E-state index in [0.717, 1.165) is 19.4 Å². The van der Waals surface area contributed by atoms with Gasteiger partial charge in [-0.15, -0.1) is 0 Å². The molecule has 0 bridgehead atoms. The zero-order chi connectivity index (χ0) is 14.8. The molecule has 0 radical (unpaired) electrons. The second-order valence-corrected chi connectivity index (χ2v) is 5.29. The second kappa shape index (κ2) is 5.81. The summed E-state index contributed by atoms with van der Waals surface area (Å²) in [5.41, 5.74) is -0.457. The molecule has 5 nitrogen and oxygen atoms in total. The number of halogens is 1. The van der Waals surface area contributed by atoms with Gasteiger partial charge in [0.05, 0.1) is 16.2 Å². The summed E-state index contributed by atoms with van der Waals surface area (Å²) in [5, 5.41) is 15.2. The largest absolute Gasteiger partial charge is 0.478 e. The van der Waals surface area contributed by atoms with E-state index in [1.54, 1.807) is 12.1 Å². The number of carbonyl (C=O) groups excluding carboxylic acids is 1. The van der Waals surface area contributed by atoms with Gasteiger partial charge in [0.25, 0.3) is 0 Å². The number of rotatable bonds is 4. The number of carboxylic acid groups (broad SMARTS) is 1. The monoisotopic (exact) mass is 296 g/mol. The number of carbonyl (C=O) groups is 2. The number of nitrogens with one attached hydrogen (secondary N) is 2. The molecule has 1 fully saturated rings. The van der Waals surface area contributed by atoms with Crippen molar-refractivity contribution in [2.75, 3.05) is 11.9 Å². The Morgan fingerprint density at radius 1 is 1.50 bits per heavy atom. The quantitative estimate of drug-likeness (QED) is 0.798. The predicted octanol–water partition coefficient (Wildman–Crippen LogP) is 2.51. The summed E-state index contributed by atoms with van der Waals surface area (Å²) in [6, 6.07) is 4.65. The molecule has 0 aromatic heterocycles. The zero-order valence-corrected chi connectivity index (χ0v) is 12.0. The van der Waals surface area contributed by atoms with Crippen LogP contribution in [0.5, 0.6) is 0 Å². The van der Waals surface area contributed by atoms with E-state index in [1.807, 2.05) is 6.92 Å². The van der Waals surface area contributed by atoms with Gasteiger partial charge in [-0.3, -0.25) is 4.79 Å². The van der Waals surface area contributed by atoms with Crippen LogP contribution >= 0.6 is 11.6 Å². The van der Waals surface area contributed by atoms with Gasteiger partial charge >= 0.3 is 5.97 Å². The van der Waals surface area contributed by atoms with Crippen LogP contribution in [0, 0.1) is 0 Å². The van der Waals surface area contributed by atoms with Crippen LogP contribution in [0.4, 0.5) is 5.69 Å². The summed E-state index contributed by atoms with van der Waals surface area (Å²) in [6.45, 7) is 2.73. The lowest BCUT2D eigenvalue weighted by atomic mass is 9.93. The first kappa shape index (κ1) is 14.8. The Labute approximate surface area is 122 Å². The molecule has 1 aromatic rings. The van der Waals surface area contributed by atoms with Crippen LogP contribution in [0.3, 0.4) is 0 Å². The first-order valence-electron chi connectivity index (χ1n) is 6.58. The lowest BCUT2D eigenvalue weighted by Crippen LogP contribution is -2.50. The van der Waals surface area contributed by atoms with E-state index in [4.69, 9.17) is 11.6 Å². The first-order valence-corrected chi connectivity index (χ1v) is 6.96. The van der Waals surface area contributed by atoms with Gasteiger partial charge in [0, 0.05) is 0 Å². The van der Waals surface area contributed by atoms with Crippen molar-refractivity contribution in [2.24, 2.45) is 0 Å². The van der Waals surface area contributed by atoms with Crippen LogP contribution < -0.4 is 10.6 Å². The molecular weight excluding hydrogens is 280 g/mol. The number of hydrogen-bond acceptors (Lipinski definition) is 3. The van der Waals surface area contributed by atoms with E-state index in [1.165, 1.54) is 6.07 Å². The predicted molar refractivity (Wildman–Crippen MR) is 77.3 cm³/mol. The average Bonchev–Trinajstić information content (AvgIpc) is 2.88. The highest BCUT2D eigenvalue weighted by atomic mass is 35.5. The average molecular weight is 297 g/mol. The number of aromatic carboxylic acids is 1. The van der Waals surface area contributed by atoms with Gasteiger partial charge < -0.3 is 15.7 Å². The topological polar surface area (TPSA) is 78.4 Å². The molecule has 0 aliphatic carbocycles. The Morgan fingerprint density at radius 2 is 2.25 bits per heavy atom. The van der Waals surface area contributed by atoms with Gasteiger partial charge in [-0.05, 0) is 37.9 Å². The maximum absolute atomic E-state index is 12.4. The van der Waals surface area contributed by atoms with Crippen molar-refractivity contribution in [2.45, 2.75) is 31.7 Å². The maximum atomic E-state index is 12.4. The van der Waals surface area contributed by atoms with Crippen LogP contribution in [0.2, 0.25) is 5.02 Å². The van der Waals surface area contributed by atoms with Crippen molar-refractivity contribution >= 4 is 29.2 Å². The molecule has 1 aliphatic rings. The fraction of sp³-hybridized carbons (Fsp3) is 0.429. The summed E-state index contributed by atoms with van der Waals surface area (Å²) in [7, 11) is 0. The summed E-state index contributed by atoms with van der Waals surface area (Å²) in [4.78, 5) is 23.7. The summed E-state index contributed by atoms with van der Waals surface area (Å²) in [6.07, 6.45) is 2.34. The molecule has 1 heterocycles. The van der Waals surface area contributed by atoms with Gasteiger partial charge in [-0.2, -0.15) is 0 Å². The highest BCUT2D eigenvalue weighted by Crippen LogP contribution is 2.28. The standard InChI is InChI=1S/C14H17ClN2O3/c1-2-14(7-4-8-16-14)13(20)17-10-6-3-5-9(15)11(10)12(18)19/h3,5-6,16H,2,4,7-8H2,1H3,(H,17,20)(H,18,19). The van der Waals surface area contributed by atoms with Gasteiger partial charge in [-0.1, -0.05) is 24.6 Å². The molecule has 2 rings (SSSR count). The van der Waals surface area contributed by atoms with Crippen LogP contribution in [0.15, 0.2) is 18.2 Å². The molecule has 1 atom stereocenters. The van der Waals surface area contributed by atoms with Crippen LogP contribution in [-0.2, 0) is 4.79 Å². The molecule has 108 valence electrons. The fourth-order valence-corrected chi connectivity index (χ4v) is 2.81. The molecule has 6 heteroatoms. The van der Waals surface area contributed by atoms with Crippen molar-refractivity contribution in [3.63, 3.8) is 0 Å². The van der Waals surface area contributed by atoms with Crippen LogP contribution in [0.1, 0.15) is 36.5 Å². The van der Waals surface area contributed by atoms with Crippen molar-refractivity contribution in [3.8, 4) is 0 Å². The van der Waals surface area contributed by atoms with Gasteiger partial charge in [-0.25, -0.2) is 4.79 Å². The van der Waals surface area contributed by atoms with E-state index in [9.17, 15) is 14.7 Å². The van der Waals surface area contributed by atoms with Crippen LogP contribution in [-0.4, -0.2) is 29.1 Å². The highest BCUT2D eigenvalue weighted by molar-refractivity contribution is 6.34. The molecule has 1 aromatic carbocycles. The third-order valence-electron chi connectivity index (χ3n) is 3.76.